The van der Waals surface area contributed by atoms with Crippen LogP contribution in [0.25, 0.3) is 6.08 Å². The Morgan fingerprint density at radius 3 is 2.75 bits per heavy atom. The lowest BCUT2D eigenvalue weighted by Crippen LogP contribution is -2.31. The summed E-state index contributed by atoms with van der Waals surface area (Å²) in [6.45, 7) is 1.80. The Morgan fingerprint density at radius 2 is 2.10 bits per heavy atom. The van der Waals surface area contributed by atoms with Crippen molar-refractivity contribution in [3.8, 4) is 0 Å². The molecule has 0 aliphatic rings. The van der Waals surface area contributed by atoms with Crippen LogP contribution in [0, 0.1) is 5.82 Å². The number of aliphatic carboxylic acids is 1. The highest BCUT2D eigenvalue weighted by Crippen LogP contribution is 2.08. The summed E-state index contributed by atoms with van der Waals surface area (Å²) >= 11 is 0. The van der Waals surface area contributed by atoms with Crippen LogP contribution in [0.3, 0.4) is 0 Å². The van der Waals surface area contributed by atoms with Gasteiger partial charge in [0.05, 0.1) is 0 Å². The lowest BCUT2D eigenvalue weighted by molar-refractivity contribution is -0.137. The first-order valence-electron chi connectivity index (χ1n) is 6.44. The molecule has 0 heterocycles. The van der Waals surface area contributed by atoms with Gasteiger partial charge in [0.1, 0.15) is 5.82 Å². The van der Waals surface area contributed by atoms with Gasteiger partial charge in [0.2, 0.25) is 5.91 Å². The van der Waals surface area contributed by atoms with Gasteiger partial charge < -0.3 is 10.4 Å². The molecule has 0 bridgehead atoms. The second-order valence-electron chi connectivity index (χ2n) is 4.55. The van der Waals surface area contributed by atoms with Crippen molar-refractivity contribution in [1.82, 2.24) is 5.32 Å². The third-order valence-electron chi connectivity index (χ3n) is 2.74. The van der Waals surface area contributed by atoms with Gasteiger partial charge in [-0.2, -0.15) is 0 Å². The molecule has 1 aromatic rings. The van der Waals surface area contributed by atoms with Crippen LogP contribution in [0.1, 0.15) is 31.7 Å². The Balaban J connectivity index is 2.39. The average molecular weight is 279 g/mol. The first-order chi connectivity index (χ1) is 9.49. The van der Waals surface area contributed by atoms with E-state index in [0.717, 1.165) is 0 Å². The molecule has 5 heteroatoms. The molecule has 1 aromatic carbocycles. The molecular weight excluding hydrogens is 261 g/mol. The first kappa shape index (κ1) is 15.9. The largest absolute Gasteiger partial charge is 0.481 e. The molecule has 20 heavy (non-hydrogen) atoms. The summed E-state index contributed by atoms with van der Waals surface area (Å²) in [4.78, 5) is 22.0. The third kappa shape index (κ3) is 6.13. The lowest BCUT2D eigenvalue weighted by Gasteiger charge is -2.11. The fraction of sp³-hybridized carbons (Fsp3) is 0.333. The Hall–Kier alpha value is -2.17. The highest BCUT2D eigenvalue weighted by molar-refractivity contribution is 5.91. The van der Waals surface area contributed by atoms with Crippen molar-refractivity contribution >= 4 is 18.0 Å². The van der Waals surface area contributed by atoms with Gasteiger partial charge in [0, 0.05) is 24.1 Å². The number of carboxylic acids is 1. The maximum Gasteiger partial charge on any atom is 0.303 e. The normalized spacial score (nSPS) is 12.3. The van der Waals surface area contributed by atoms with E-state index in [-0.39, 0.29) is 24.2 Å². The molecular formula is C15H18FNO3. The summed E-state index contributed by atoms with van der Waals surface area (Å²) < 4.78 is 13.3. The standard InChI is InChI=1S/C15H18FNO3/c1-11(5-4-8-15(19)20)17-14(18)10-9-12-6-2-3-7-13(12)16/h2-3,6-7,9-11H,4-5,8H2,1H3,(H,17,18)(H,19,20)/b10-9+. The van der Waals surface area contributed by atoms with Crippen molar-refractivity contribution in [2.45, 2.75) is 32.2 Å². The fourth-order valence-electron chi connectivity index (χ4n) is 1.70. The van der Waals surface area contributed by atoms with Crippen molar-refractivity contribution in [1.29, 1.82) is 0 Å². The number of rotatable bonds is 7. The smallest absolute Gasteiger partial charge is 0.303 e. The summed E-state index contributed by atoms with van der Waals surface area (Å²) in [5.74, 6) is -1.55. The number of carboxylic acid groups (broad SMARTS) is 1. The predicted molar refractivity (Wildman–Crippen MR) is 74.5 cm³/mol. The SMILES string of the molecule is CC(CCCC(=O)O)NC(=O)/C=C/c1ccccc1F. The summed E-state index contributed by atoms with van der Waals surface area (Å²) in [6.07, 6.45) is 3.87. The topological polar surface area (TPSA) is 66.4 Å². The molecule has 1 amide bonds. The van der Waals surface area contributed by atoms with Gasteiger partial charge >= 0.3 is 5.97 Å². The van der Waals surface area contributed by atoms with Crippen LogP contribution in [0.4, 0.5) is 4.39 Å². The van der Waals surface area contributed by atoms with Gasteiger partial charge in [-0.3, -0.25) is 9.59 Å². The molecule has 0 fully saturated rings. The van der Waals surface area contributed by atoms with Crippen molar-refractivity contribution < 1.29 is 19.1 Å². The third-order valence-corrected chi connectivity index (χ3v) is 2.74. The zero-order chi connectivity index (χ0) is 15.0. The molecule has 0 saturated carbocycles. The van der Waals surface area contributed by atoms with Gasteiger partial charge in [-0.25, -0.2) is 4.39 Å². The van der Waals surface area contributed by atoms with Crippen molar-refractivity contribution in [2.75, 3.05) is 0 Å². The molecule has 108 valence electrons. The zero-order valence-corrected chi connectivity index (χ0v) is 11.3. The van der Waals surface area contributed by atoms with E-state index in [2.05, 4.69) is 5.32 Å². The van der Waals surface area contributed by atoms with Crippen LogP contribution in [-0.4, -0.2) is 23.0 Å². The Labute approximate surface area is 117 Å². The Morgan fingerprint density at radius 1 is 1.40 bits per heavy atom. The van der Waals surface area contributed by atoms with E-state index in [1.165, 1.54) is 18.2 Å². The maximum atomic E-state index is 13.3. The molecule has 1 unspecified atom stereocenters. The van der Waals surface area contributed by atoms with Crippen molar-refractivity contribution in [2.24, 2.45) is 0 Å². The quantitative estimate of drug-likeness (QED) is 0.754. The fourth-order valence-corrected chi connectivity index (χ4v) is 1.70. The minimum Gasteiger partial charge on any atom is -0.481 e. The van der Waals surface area contributed by atoms with Gasteiger partial charge in [0.25, 0.3) is 0 Å². The highest BCUT2D eigenvalue weighted by atomic mass is 19.1. The summed E-state index contributed by atoms with van der Waals surface area (Å²) in [5.41, 5.74) is 0.348. The van der Waals surface area contributed by atoms with Crippen LogP contribution in [0.15, 0.2) is 30.3 Å². The second kappa shape index (κ2) is 8.09. The van der Waals surface area contributed by atoms with Crippen LogP contribution in [-0.2, 0) is 9.59 Å². The van der Waals surface area contributed by atoms with Gasteiger partial charge in [0.15, 0.2) is 0 Å². The average Bonchev–Trinajstić information content (AvgIpc) is 2.37. The van der Waals surface area contributed by atoms with Crippen LogP contribution < -0.4 is 5.32 Å². The molecule has 0 aliphatic heterocycles. The minimum atomic E-state index is -0.844. The van der Waals surface area contributed by atoms with Crippen LogP contribution >= 0.6 is 0 Å². The Kier molecular flexibility index (Phi) is 6.43. The predicted octanol–water partition coefficient (Wildman–Crippen LogP) is 2.60. The summed E-state index contributed by atoms with van der Waals surface area (Å²) in [7, 11) is 0. The molecule has 2 N–H and O–H groups in total. The molecule has 0 aliphatic carbocycles. The molecule has 4 nitrogen and oxygen atoms in total. The molecule has 0 radical (unpaired) electrons. The monoisotopic (exact) mass is 279 g/mol. The number of nitrogens with one attached hydrogen (secondary N) is 1. The van der Waals surface area contributed by atoms with Crippen LogP contribution in [0.2, 0.25) is 0 Å². The van der Waals surface area contributed by atoms with E-state index in [1.54, 1.807) is 25.1 Å². The molecule has 0 aromatic heterocycles. The summed E-state index contributed by atoms with van der Waals surface area (Å²) in [5, 5.41) is 11.2. The van der Waals surface area contributed by atoms with E-state index < -0.39 is 5.97 Å². The number of benzene rings is 1. The highest BCUT2D eigenvalue weighted by Gasteiger charge is 2.06. The number of hydrogen-bond donors (Lipinski definition) is 2. The minimum absolute atomic E-state index is 0.0886. The van der Waals surface area contributed by atoms with Gasteiger partial charge in [-0.05, 0) is 31.9 Å². The number of halogens is 1. The summed E-state index contributed by atoms with van der Waals surface area (Å²) in [6, 6.07) is 6.06. The second-order valence-corrected chi connectivity index (χ2v) is 4.55. The van der Waals surface area contributed by atoms with Gasteiger partial charge in [-0.15, -0.1) is 0 Å². The van der Waals surface area contributed by atoms with E-state index >= 15 is 0 Å². The van der Waals surface area contributed by atoms with Crippen LogP contribution in [0.5, 0.6) is 0 Å². The molecule has 1 rings (SSSR count). The van der Waals surface area contributed by atoms with Gasteiger partial charge in [-0.1, -0.05) is 18.2 Å². The van der Waals surface area contributed by atoms with E-state index in [1.807, 2.05) is 0 Å². The van der Waals surface area contributed by atoms with Crippen molar-refractivity contribution in [3.63, 3.8) is 0 Å². The molecule has 0 spiro atoms. The molecule has 0 saturated heterocycles. The number of hydrogen-bond acceptors (Lipinski definition) is 2. The maximum absolute atomic E-state index is 13.3. The number of carbonyl (C=O) groups is 2. The van der Waals surface area contributed by atoms with E-state index in [9.17, 15) is 14.0 Å². The first-order valence-corrected chi connectivity index (χ1v) is 6.44. The molecule has 1 atom stereocenters. The van der Waals surface area contributed by atoms with Crippen molar-refractivity contribution in [3.05, 3.63) is 41.7 Å². The number of carbonyl (C=O) groups excluding carboxylic acids is 1. The van der Waals surface area contributed by atoms with E-state index in [4.69, 9.17) is 5.11 Å². The van der Waals surface area contributed by atoms with E-state index in [0.29, 0.717) is 18.4 Å². The Bertz CT molecular complexity index is 500. The zero-order valence-electron chi connectivity index (χ0n) is 11.3. The lowest BCUT2D eigenvalue weighted by atomic mass is 10.1. The number of amides is 1.